The van der Waals surface area contributed by atoms with E-state index in [4.69, 9.17) is 9.26 Å². The second kappa shape index (κ2) is 6.11. The van der Waals surface area contributed by atoms with E-state index in [0.717, 1.165) is 32.1 Å². The van der Waals surface area contributed by atoms with Gasteiger partial charge in [-0.3, -0.25) is 4.79 Å². The van der Waals surface area contributed by atoms with E-state index in [-0.39, 0.29) is 18.4 Å². The molecule has 0 bridgehead atoms. The highest BCUT2D eigenvalue weighted by molar-refractivity contribution is 5.77. The fraction of sp³-hybridized carbons (Fsp3) is 0.786. The first-order valence-corrected chi connectivity index (χ1v) is 7.54. The van der Waals surface area contributed by atoms with Crippen molar-refractivity contribution in [2.75, 3.05) is 19.7 Å². The summed E-state index contributed by atoms with van der Waals surface area (Å²) in [6.07, 6.45) is 5.69. The largest absolute Gasteiger partial charge is 0.389 e. The molecule has 1 unspecified atom stereocenters. The fourth-order valence-electron chi connectivity index (χ4n) is 3.13. The molecule has 2 aliphatic rings. The molecule has 1 aromatic rings. The van der Waals surface area contributed by atoms with Crippen molar-refractivity contribution in [3.05, 3.63) is 12.2 Å². The number of amides is 1. The Labute approximate surface area is 123 Å². The van der Waals surface area contributed by atoms with Gasteiger partial charge in [0.05, 0.1) is 25.2 Å². The minimum Gasteiger partial charge on any atom is -0.389 e. The number of nitrogens with zero attached hydrogens (tertiary/aromatic N) is 3. The Balaban J connectivity index is 1.59. The highest BCUT2D eigenvalue weighted by atomic mass is 16.5. The van der Waals surface area contributed by atoms with Gasteiger partial charge in [0.15, 0.2) is 0 Å². The van der Waals surface area contributed by atoms with Crippen molar-refractivity contribution in [3.8, 4) is 0 Å². The Kier molecular flexibility index (Phi) is 4.21. The van der Waals surface area contributed by atoms with Gasteiger partial charge >= 0.3 is 0 Å². The summed E-state index contributed by atoms with van der Waals surface area (Å²) in [7, 11) is 0. The van der Waals surface area contributed by atoms with E-state index in [1.165, 1.54) is 6.39 Å². The third-order valence-electron chi connectivity index (χ3n) is 4.35. The van der Waals surface area contributed by atoms with Gasteiger partial charge in [0.25, 0.3) is 0 Å². The van der Waals surface area contributed by atoms with E-state index in [9.17, 15) is 9.90 Å². The highest BCUT2D eigenvalue weighted by Crippen LogP contribution is 2.32. The summed E-state index contributed by atoms with van der Waals surface area (Å²) in [5.74, 6) is 0.445. The Morgan fingerprint density at radius 2 is 2.24 bits per heavy atom. The van der Waals surface area contributed by atoms with Crippen molar-refractivity contribution < 1.29 is 19.2 Å². The van der Waals surface area contributed by atoms with Crippen LogP contribution in [0, 0.1) is 0 Å². The molecule has 1 aliphatic carbocycles. The van der Waals surface area contributed by atoms with Crippen LogP contribution in [0.4, 0.5) is 0 Å². The van der Waals surface area contributed by atoms with Crippen molar-refractivity contribution in [1.29, 1.82) is 0 Å². The molecule has 7 nitrogen and oxygen atoms in total. The number of rotatable bonds is 3. The average Bonchev–Trinajstić information content (AvgIpc) is 3.02. The van der Waals surface area contributed by atoms with Crippen LogP contribution < -0.4 is 0 Å². The first-order chi connectivity index (χ1) is 10.2. The van der Waals surface area contributed by atoms with Gasteiger partial charge in [0, 0.05) is 6.54 Å². The molecule has 3 rings (SSSR count). The number of ether oxygens (including phenoxy) is 1. The van der Waals surface area contributed by atoms with Gasteiger partial charge in [-0.25, -0.2) is 0 Å². The Morgan fingerprint density at radius 3 is 2.95 bits per heavy atom. The quantitative estimate of drug-likeness (QED) is 0.896. The van der Waals surface area contributed by atoms with Gasteiger partial charge in [-0.1, -0.05) is 24.4 Å². The molecule has 1 saturated carbocycles. The Hall–Kier alpha value is -1.47. The zero-order valence-corrected chi connectivity index (χ0v) is 12.0. The van der Waals surface area contributed by atoms with Gasteiger partial charge in [0.2, 0.25) is 18.1 Å². The lowest BCUT2D eigenvalue weighted by molar-refractivity contribution is -0.145. The van der Waals surface area contributed by atoms with Crippen LogP contribution in [0.2, 0.25) is 0 Å². The van der Waals surface area contributed by atoms with Gasteiger partial charge in [0.1, 0.15) is 6.10 Å². The maximum Gasteiger partial charge on any atom is 0.225 e. The summed E-state index contributed by atoms with van der Waals surface area (Å²) in [5.41, 5.74) is -0.824. The zero-order chi connectivity index (χ0) is 14.7. The lowest BCUT2D eigenvalue weighted by Gasteiger charge is -2.36. The molecule has 116 valence electrons. The average molecular weight is 295 g/mol. The van der Waals surface area contributed by atoms with E-state index in [1.807, 2.05) is 0 Å². The molecule has 1 amide bonds. The van der Waals surface area contributed by atoms with Crippen molar-refractivity contribution in [3.63, 3.8) is 0 Å². The number of carbonyl (C=O) groups excluding carboxylic acids is 1. The van der Waals surface area contributed by atoms with Crippen LogP contribution >= 0.6 is 0 Å². The number of morpholine rings is 1. The van der Waals surface area contributed by atoms with Crippen molar-refractivity contribution in [2.45, 2.75) is 50.2 Å². The van der Waals surface area contributed by atoms with E-state index in [1.54, 1.807) is 4.90 Å². The summed E-state index contributed by atoms with van der Waals surface area (Å²) >= 11 is 0. The zero-order valence-electron chi connectivity index (χ0n) is 12.0. The molecule has 1 aromatic heterocycles. The second-order valence-electron chi connectivity index (χ2n) is 5.95. The summed E-state index contributed by atoms with van der Waals surface area (Å²) in [6.45, 7) is 1.40. The number of hydrogen-bond donors (Lipinski definition) is 1. The summed E-state index contributed by atoms with van der Waals surface area (Å²) < 4.78 is 10.3. The molecular weight excluding hydrogens is 274 g/mol. The SMILES string of the molecule is O=C(CC1(O)CCCCC1)N1CCOC(c2ncon2)C1. The molecule has 0 aromatic carbocycles. The van der Waals surface area contributed by atoms with Crippen molar-refractivity contribution in [1.82, 2.24) is 15.0 Å². The van der Waals surface area contributed by atoms with E-state index in [0.29, 0.717) is 25.5 Å². The molecular formula is C14H21N3O4. The maximum atomic E-state index is 12.4. The second-order valence-corrected chi connectivity index (χ2v) is 5.95. The first-order valence-electron chi connectivity index (χ1n) is 7.54. The smallest absolute Gasteiger partial charge is 0.225 e. The number of hydrogen-bond acceptors (Lipinski definition) is 6. The van der Waals surface area contributed by atoms with E-state index >= 15 is 0 Å². The topological polar surface area (TPSA) is 88.7 Å². The van der Waals surface area contributed by atoms with Crippen LogP contribution in [0.15, 0.2) is 10.9 Å². The van der Waals surface area contributed by atoms with Gasteiger partial charge in [-0.2, -0.15) is 4.98 Å². The minimum absolute atomic E-state index is 0.0174. The first kappa shape index (κ1) is 14.5. The molecule has 1 aliphatic heterocycles. The van der Waals surface area contributed by atoms with E-state index < -0.39 is 5.60 Å². The lowest BCUT2D eigenvalue weighted by Crippen LogP contribution is -2.46. The summed E-state index contributed by atoms with van der Waals surface area (Å²) in [4.78, 5) is 18.1. The molecule has 0 spiro atoms. The van der Waals surface area contributed by atoms with Crippen LogP contribution in [-0.2, 0) is 9.53 Å². The van der Waals surface area contributed by atoms with Crippen LogP contribution in [-0.4, -0.2) is 51.4 Å². The summed E-state index contributed by atoms with van der Waals surface area (Å²) in [5, 5.41) is 14.3. The normalized spacial score (nSPS) is 25.8. The highest BCUT2D eigenvalue weighted by Gasteiger charge is 2.35. The van der Waals surface area contributed by atoms with Gasteiger partial charge < -0.3 is 19.3 Å². The van der Waals surface area contributed by atoms with Crippen molar-refractivity contribution >= 4 is 5.91 Å². The molecule has 2 heterocycles. The third kappa shape index (κ3) is 3.41. The summed E-state index contributed by atoms with van der Waals surface area (Å²) in [6, 6.07) is 0. The lowest BCUT2D eigenvalue weighted by atomic mass is 9.82. The van der Waals surface area contributed by atoms with Gasteiger partial charge in [-0.15, -0.1) is 0 Å². The molecule has 7 heteroatoms. The van der Waals surface area contributed by atoms with Crippen LogP contribution in [0.25, 0.3) is 0 Å². The van der Waals surface area contributed by atoms with Crippen LogP contribution in [0.1, 0.15) is 50.5 Å². The van der Waals surface area contributed by atoms with Crippen LogP contribution in [0.5, 0.6) is 0 Å². The minimum atomic E-state index is -0.824. The molecule has 21 heavy (non-hydrogen) atoms. The number of carbonyl (C=O) groups is 1. The van der Waals surface area contributed by atoms with E-state index in [2.05, 4.69) is 10.1 Å². The molecule has 2 fully saturated rings. The standard InChI is InChI=1S/C14H21N3O4/c18-12(8-14(19)4-2-1-3-5-14)17-6-7-20-11(9-17)13-15-10-21-16-13/h10-11,19H,1-9H2. The Morgan fingerprint density at radius 1 is 1.43 bits per heavy atom. The Bertz CT molecular complexity index is 471. The molecule has 1 atom stereocenters. The van der Waals surface area contributed by atoms with Crippen molar-refractivity contribution in [2.24, 2.45) is 0 Å². The predicted octanol–water partition coefficient (Wildman–Crippen LogP) is 1.05. The number of aliphatic hydroxyl groups is 1. The molecule has 1 N–H and O–H groups in total. The van der Waals surface area contributed by atoms with Crippen LogP contribution in [0.3, 0.4) is 0 Å². The maximum absolute atomic E-state index is 12.4. The predicted molar refractivity (Wildman–Crippen MR) is 72.2 cm³/mol. The molecule has 0 radical (unpaired) electrons. The number of aromatic nitrogens is 2. The molecule has 1 saturated heterocycles. The third-order valence-corrected chi connectivity index (χ3v) is 4.35. The fourth-order valence-corrected chi connectivity index (χ4v) is 3.13. The van der Waals surface area contributed by atoms with Gasteiger partial charge in [-0.05, 0) is 12.8 Å². The monoisotopic (exact) mass is 295 g/mol.